The standard InChI is InChI=1S/C18H16FNO2/c1-9(2)14-12-7-8-13(14)16-15(12)17(21)20(18(16)22)11-5-3-10(19)4-6-11/h3-8,12-13,15-16H,1-2H3/t12?,13?,15-,16+. The lowest BCUT2D eigenvalue weighted by molar-refractivity contribution is -0.122. The number of fused-ring (bicyclic) bond motifs is 5. The van der Waals surface area contributed by atoms with E-state index in [4.69, 9.17) is 0 Å². The maximum Gasteiger partial charge on any atom is 0.238 e. The molecule has 1 aromatic carbocycles. The molecule has 0 aromatic heterocycles. The number of carbonyl (C=O) groups excluding carboxylic acids is 2. The van der Waals surface area contributed by atoms with Crippen molar-refractivity contribution < 1.29 is 14.0 Å². The van der Waals surface area contributed by atoms with Gasteiger partial charge in [-0.1, -0.05) is 23.3 Å². The quantitative estimate of drug-likeness (QED) is 0.590. The summed E-state index contributed by atoms with van der Waals surface area (Å²) in [4.78, 5) is 26.8. The van der Waals surface area contributed by atoms with Crippen molar-refractivity contribution in [1.82, 2.24) is 0 Å². The van der Waals surface area contributed by atoms with E-state index < -0.39 is 0 Å². The van der Waals surface area contributed by atoms with E-state index in [-0.39, 0.29) is 41.3 Å². The fraction of sp³-hybridized carbons (Fsp3) is 0.333. The second-order valence-corrected chi connectivity index (χ2v) is 6.43. The summed E-state index contributed by atoms with van der Waals surface area (Å²) in [6.45, 7) is 4.08. The Labute approximate surface area is 128 Å². The average molecular weight is 297 g/mol. The van der Waals surface area contributed by atoms with E-state index >= 15 is 0 Å². The average Bonchev–Trinajstić information content (AvgIpc) is 3.11. The Bertz CT molecular complexity index is 709. The minimum absolute atomic E-state index is 0.0434. The summed E-state index contributed by atoms with van der Waals surface area (Å²) >= 11 is 0. The van der Waals surface area contributed by atoms with Crippen molar-refractivity contribution in [2.45, 2.75) is 13.8 Å². The van der Waals surface area contributed by atoms with Gasteiger partial charge in [-0.15, -0.1) is 0 Å². The lowest BCUT2D eigenvalue weighted by atomic mass is 9.85. The molecule has 3 nitrogen and oxygen atoms in total. The lowest BCUT2D eigenvalue weighted by Crippen LogP contribution is -2.33. The van der Waals surface area contributed by atoms with Gasteiger partial charge in [-0.3, -0.25) is 9.59 Å². The SMILES string of the molecule is CC(C)=C1C2C=CC1[C@@H]1C(=O)N(c3ccc(F)cc3)C(=O)[C@H]21. The second kappa shape index (κ2) is 4.38. The molecule has 1 saturated heterocycles. The van der Waals surface area contributed by atoms with Crippen LogP contribution in [-0.4, -0.2) is 11.8 Å². The van der Waals surface area contributed by atoms with Crippen LogP contribution in [0, 0.1) is 29.5 Å². The highest BCUT2D eigenvalue weighted by atomic mass is 19.1. The Morgan fingerprint density at radius 2 is 1.45 bits per heavy atom. The van der Waals surface area contributed by atoms with Gasteiger partial charge < -0.3 is 0 Å². The van der Waals surface area contributed by atoms with Gasteiger partial charge >= 0.3 is 0 Å². The normalized spacial score (nSPS) is 32.1. The highest BCUT2D eigenvalue weighted by Gasteiger charge is 2.61. The zero-order valence-electron chi connectivity index (χ0n) is 12.4. The van der Waals surface area contributed by atoms with Crippen molar-refractivity contribution in [2.75, 3.05) is 4.90 Å². The Morgan fingerprint density at radius 3 is 1.91 bits per heavy atom. The fourth-order valence-corrected chi connectivity index (χ4v) is 4.27. The van der Waals surface area contributed by atoms with Crippen LogP contribution >= 0.6 is 0 Å². The van der Waals surface area contributed by atoms with Crippen molar-refractivity contribution in [3.05, 3.63) is 53.4 Å². The number of allylic oxidation sites excluding steroid dienone is 4. The van der Waals surface area contributed by atoms with Crippen molar-refractivity contribution in [1.29, 1.82) is 0 Å². The molecule has 1 aliphatic heterocycles. The van der Waals surface area contributed by atoms with Gasteiger partial charge in [0.25, 0.3) is 0 Å². The molecule has 2 aliphatic carbocycles. The Morgan fingerprint density at radius 1 is 0.955 bits per heavy atom. The number of anilines is 1. The van der Waals surface area contributed by atoms with Crippen LogP contribution in [0.3, 0.4) is 0 Å². The van der Waals surface area contributed by atoms with Crippen LogP contribution in [0.4, 0.5) is 10.1 Å². The third-order valence-corrected chi connectivity index (χ3v) is 5.08. The van der Waals surface area contributed by atoms with E-state index in [1.165, 1.54) is 40.3 Å². The van der Waals surface area contributed by atoms with Crippen LogP contribution in [0.25, 0.3) is 0 Å². The molecule has 22 heavy (non-hydrogen) atoms. The van der Waals surface area contributed by atoms with E-state index in [0.29, 0.717) is 5.69 Å². The van der Waals surface area contributed by atoms with Crippen LogP contribution in [0.15, 0.2) is 47.6 Å². The van der Waals surface area contributed by atoms with E-state index in [1.54, 1.807) is 0 Å². The number of rotatable bonds is 1. The summed E-state index contributed by atoms with van der Waals surface area (Å²) < 4.78 is 13.1. The molecule has 4 rings (SSSR count). The zero-order chi connectivity index (χ0) is 15.6. The Hall–Kier alpha value is -2.23. The van der Waals surface area contributed by atoms with Crippen LogP contribution < -0.4 is 4.90 Å². The molecule has 4 heteroatoms. The summed E-state index contributed by atoms with van der Waals surface area (Å²) in [5.74, 6) is -1.19. The summed E-state index contributed by atoms with van der Waals surface area (Å²) in [5, 5.41) is 0. The largest absolute Gasteiger partial charge is 0.274 e. The topological polar surface area (TPSA) is 37.4 Å². The molecular weight excluding hydrogens is 281 g/mol. The van der Waals surface area contributed by atoms with Crippen molar-refractivity contribution in [2.24, 2.45) is 23.7 Å². The zero-order valence-corrected chi connectivity index (χ0v) is 12.4. The molecule has 3 aliphatic rings. The van der Waals surface area contributed by atoms with Gasteiger partial charge in [-0.05, 0) is 38.1 Å². The third kappa shape index (κ3) is 1.55. The number of hydrogen-bond donors (Lipinski definition) is 0. The molecule has 1 aromatic rings. The molecule has 2 unspecified atom stereocenters. The Kier molecular flexibility index (Phi) is 2.68. The second-order valence-electron chi connectivity index (χ2n) is 6.43. The van der Waals surface area contributed by atoms with Crippen LogP contribution in [-0.2, 0) is 9.59 Å². The highest BCUT2D eigenvalue weighted by Crippen LogP contribution is 2.57. The van der Waals surface area contributed by atoms with Gasteiger partial charge in [0.1, 0.15) is 5.82 Å². The molecular formula is C18H16FNO2. The molecule has 0 spiro atoms. The van der Waals surface area contributed by atoms with Gasteiger partial charge in [0.15, 0.2) is 0 Å². The number of benzene rings is 1. The first-order chi connectivity index (χ1) is 10.5. The van der Waals surface area contributed by atoms with Gasteiger partial charge in [-0.25, -0.2) is 9.29 Å². The highest BCUT2D eigenvalue weighted by molar-refractivity contribution is 6.23. The van der Waals surface area contributed by atoms with E-state index in [9.17, 15) is 14.0 Å². The van der Waals surface area contributed by atoms with E-state index in [1.807, 2.05) is 13.8 Å². The van der Waals surface area contributed by atoms with Crippen molar-refractivity contribution in [3.63, 3.8) is 0 Å². The predicted octanol–water partition coefficient (Wildman–Crippen LogP) is 3.08. The summed E-state index contributed by atoms with van der Waals surface area (Å²) in [6.07, 6.45) is 4.13. The van der Waals surface area contributed by atoms with Gasteiger partial charge in [0.2, 0.25) is 11.8 Å². The number of amides is 2. The number of carbonyl (C=O) groups is 2. The molecule has 0 radical (unpaired) electrons. The minimum atomic E-state index is -0.378. The van der Waals surface area contributed by atoms with Crippen molar-refractivity contribution in [3.8, 4) is 0 Å². The molecule has 2 fully saturated rings. The molecule has 1 saturated carbocycles. The molecule has 112 valence electrons. The summed E-state index contributed by atoms with van der Waals surface area (Å²) in [5.41, 5.74) is 2.89. The molecule has 2 bridgehead atoms. The number of hydrogen-bond acceptors (Lipinski definition) is 2. The molecule has 1 heterocycles. The number of halogens is 1. The predicted molar refractivity (Wildman–Crippen MR) is 80.4 cm³/mol. The number of nitrogens with zero attached hydrogens (tertiary/aromatic N) is 1. The first-order valence-electron chi connectivity index (χ1n) is 7.49. The van der Waals surface area contributed by atoms with Crippen LogP contribution in [0.2, 0.25) is 0 Å². The minimum Gasteiger partial charge on any atom is -0.274 e. The fourth-order valence-electron chi connectivity index (χ4n) is 4.27. The molecule has 4 atom stereocenters. The first-order valence-corrected chi connectivity index (χ1v) is 7.49. The maximum atomic E-state index is 13.1. The summed E-state index contributed by atoms with van der Waals surface area (Å²) in [7, 11) is 0. The Balaban J connectivity index is 1.76. The molecule has 2 amide bonds. The number of imide groups is 1. The monoisotopic (exact) mass is 297 g/mol. The summed E-state index contributed by atoms with van der Waals surface area (Å²) in [6, 6.07) is 5.53. The lowest BCUT2D eigenvalue weighted by Gasteiger charge is -2.19. The molecule has 0 N–H and O–H groups in total. The first kappa shape index (κ1) is 13.4. The van der Waals surface area contributed by atoms with Crippen LogP contribution in [0.5, 0.6) is 0 Å². The third-order valence-electron chi connectivity index (χ3n) is 5.08. The van der Waals surface area contributed by atoms with E-state index in [2.05, 4.69) is 12.2 Å². The van der Waals surface area contributed by atoms with Gasteiger partial charge in [0, 0.05) is 11.8 Å². The van der Waals surface area contributed by atoms with Gasteiger partial charge in [0.05, 0.1) is 17.5 Å². The van der Waals surface area contributed by atoms with Crippen molar-refractivity contribution >= 4 is 17.5 Å². The van der Waals surface area contributed by atoms with E-state index in [0.717, 1.165) is 0 Å². The smallest absolute Gasteiger partial charge is 0.238 e. The van der Waals surface area contributed by atoms with Gasteiger partial charge in [-0.2, -0.15) is 0 Å². The maximum absolute atomic E-state index is 13.1. The van der Waals surface area contributed by atoms with Crippen LogP contribution in [0.1, 0.15) is 13.8 Å².